The zero-order valence-electron chi connectivity index (χ0n) is 18.1. The quantitative estimate of drug-likeness (QED) is 0.414. The molecular weight excluding hydrogens is 458 g/mol. The molecule has 0 saturated carbocycles. The van der Waals surface area contributed by atoms with Crippen LogP contribution in [0.15, 0.2) is 71.8 Å². The largest absolute Gasteiger partial charge is 0.343 e. The predicted molar refractivity (Wildman–Crippen MR) is 131 cm³/mol. The molecule has 0 aliphatic rings. The van der Waals surface area contributed by atoms with E-state index in [-0.39, 0.29) is 23.2 Å². The van der Waals surface area contributed by atoms with Crippen molar-refractivity contribution in [3.63, 3.8) is 0 Å². The second kappa shape index (κ2) is 10.1. The third kappa shape index (κ3) is 5.19. The van der Waals surface area contributed by atoms with Crippen LogP contribution in [-0.2, 0) is 6.54 Å². The number of nitrogens with zero attached hydrogens (tertiary/aromatic N) is 3. The molecular formula is C24H22ClN5O2S. The van der Waals surface area contributed by atoms with E-state index in [4.69, 9.17) is 11.6 Å². The molecule has 3 aromatic heterocycles. The van der Waals surface area contributed by atoms with E-state index in [9.17, 15) is 9.59 Å². The first-order valence-electron chi connectivity index (χ1n) is 10.3. The highest BCUT2D eigenvalue weighted by Crippen LogP contribution is 2.35. The molecule has 4 rings (SSSR count). The first-order chi connectivity index (χ1) is 16.0. The van der Waals surface area contributed by atoms with Crippen LogP contribution in [0.3, 0.4) is 0 Å². The molecule has 9 heteroatoms. The van der Waals surface area contributed by atoms with Gasteiger partial charge in [0.2, 0.25) is 0 Å². The number of pyridine rings is 1. The number of halogens is 1. The van der Waals surface area contributed by atoms with Crippen molar-refractivity contribution in [2.75, 3.05) is 7.05 Å². The fraction of sp³-hybridized carbons (Fsp3) is 0.167. The molecule has 1 amide bonds. The highest BCUT2D eigenvalue weighted by Gasteiger charge is 2.17. The molecule has 0 radical (unpaired) electrons. The van der Waals surface area contributed by atoms with E-state index in [0.29, 0.717) is 10.7 Å². The lowest BCUT2D eigenvalue weighted by Gasteiger charge is -2.13. The lowest BCUT2D eigenvalue weighted by atomic mass is 10.1. The molecule has 1 aromatic carbocycles. The first kappa shape index (κ1) is 22.8. The second-order valence-corrected chi connectivity index (χ2v) is 8.96. The van der Waals surface area contributed by atoms with Gasteiger partial charge in [0, 0.05) is 33.6 Å². The summed E-state index contributed by atoms with van der Waals surface area (Å²) >= 11 is 7.83. The number of hydrogen-bond donors (Lipinski definition) is 2. The number of benzene rings is 1. The summed E-state index contributed by atoms with van der Waals surface area (Å²) in [6, 6.07) is 15.8. The number of carbonyl (C=O) groups excluding carboxylic acids is 1. The lowest BCUT2D eigenvalue weighted by Crippen LogP contribution is -2.30. The van der Waals surface area contributed by atoms with Gasteiger partial charge in [-0.1, -0.05) is 17.7 Å². The third-order valence-electron chi connectivity index (χ3n) is 5.03. The first-order valence-corrected chi connectivity index (χ1v) is 11.5. The van der Waals surface area contributed by atoms with E-state index < -0.39 is 0 Å². The number of carbonyl (C=O) groups is 1. The third-order valence-corrected chi connectivity index (χ3v) is 6.57. The Labute approximate surface area is 200 Å². The number of hydrogen-bond acceptors (Lipinski definition) is 6. The van der Waals surface area contributed by atoms with Gasteiger partial charge in [-0.15, -0.1) is 11.3 Å². The van der Waals surface area contributed by atoms with Crippen molar-refractivity contribution in [3.8, 4) is 16.1 Å². The zero-order chi connectivity index (χ0) is 23.4. The minimum Gasteiger partial charge on any atom is -0.343 e. The molecule has 0 aliphatic carbocycles. The van der Waals surface area contributed by atoms with E-state index in [1.807, 2.05) is 44.3 Å². The van der Waals surface area contributed by atoms with Crippen LogP contribution < -0.4 is 16.2 Å². The molecule has 0 saturated heterocycles. The van der Waals surface area contributed by atoms with Crippen molar-refractivity contribution in [2.24, 2.45) is 0 Å². The maximum absolute atomic E-state index is 12.9. The van der Waals surface area contributed by atoms with Gasteiger partial charge in [0.15, 0.2) is 0 Å². The Bertz CT molecular complexity index is 1340. The summed E-state index contributed by atoms with van der Waals surface area (Å²) in [7, 11) is 1.90. The lowest BCUT2D eigenvalue weighted by molar-refractivity contribution is 0.0933. The summed E-state index contributed by atoms with van der Waals surface area (Å²) in [5.41, 5.74) is 2.51. The van der Waals surface area contributed by atoms with Crippen LogP contribution >= 0.6 is 22.9 Å². The second-order valence-electron chi connectivity index (χ2n) is 7.41. The predicted octanol–water partition coefficient (Wildman–Crippen LogP) is 4.22. The van der Waals surface area contributed by atoms with Gasteiger partial charge in [0.1, 0.15) is 5.69 Å². The van der Waals surface area contributed by atoms with Crippen LogP contribution in [0.1, 0.15) is 33.9 Å². The summed E-state index contributed by atoms with van der Waals surface area (Å²) in [6.45, 7) is 2.64. The maximum Gasteiger partial charge on any atom is 0.272 e. The van der Waals surface area contributed by atoms with Crippen LogP contribution in [0, 0.1) is 0 Å². The van der Waals surface area contributed by atoms with Crippen molar-refractivity contribution < 1.29 is 4.79 Å². The average molecular weight is 480 g/mol. The minimum atomic E-state index is -0.367. The van der Waals surface area contributed by atoms with Crippen molar-refractivity contribution in [3.05, 3.63) is 98.5 Å². The molecule has 0 unspecified atom stereocenters. The molecule has 4 aromatic rings. The smallest absolute Gasteiger partial charge is 0.272 e. The van der Waals surface area contributed by atoms with E-state index in [0.717, 1.165) is 32.1 Å². The van der Waals surface area contributed by atoms with E-state index in [1.165, 1.54) is 18.3 Å². The molecule has 2 N–H and O–H groups in total. The summed E-state index contributed by atoms with van der Waals surface area (Å²) in [5.74, 6) is -0.367. The van der Waals surface area contributed by atoms with Gasteiger partial charge in [-0.2, -0.15) is 9.78 Å². The average Bonchev–Trinajstić information content (AvgIpc) is 3.31. The number of nitrogens with one attached hydrogen (secondary N) is 2. The topological polar surface area (TPSA) is 88.9 Å². The van der Waals surface area contributed by atoms with Crippen LogP contribution in [0.25, 0.3) is 16.1 Å². The van der Waals surface area contributed by atoms with Crippen molar-refractivity contribution in [1.82, 2.24) is 25.4 Å². The van der Waals surface area contributed by atoms with Crippen molar-refractivity contribution >= 4 is 28.8 Å². The van der Waals surface area contributed by atoms with E-state index >= 15 is 0 Å². The minimum absolute atomic E-state index is 0.147. The molecule has 7 nitrogen and oxygen atoms in total. The molecule has 33 heavy (non-hydrogen) atoms. The Kier molecular flexibility index (Phi) is 6.98. The van der Waals surface area contributed by atoms with Gasteiger partial charge in [-0.05, 0) is 67.6 Å². The molecule has 0 fully saturated rings. The number of aromatic nitrogens is 3. The SMILES string of the molecule is CNCc1ccc(Cl)cc1-c1ccc([C@@H](C)NC(=O)c2ccc(=O)n(-c3cccnc3)n2)s1. The van der Waals surface area contributed by atoms with Gasteiger partial charge in [0.25, 0.3) is 11.5 Å². The number of rotatable bonds is 7. The highest BCUT2D eigenvalue weighted by atomic mass is 35.5. The van der Waals surface area contributed by atoms with Crippen LogP contribution in [0.2, 0.25) is 5.02 Å². The number of amides is 1. The summed E-state index contributed by atoms with van der Waals surface area (Å²) in [6.07, 6.45) is 3.12. The van der Waals surface area contributed by atoms with Gasteiger partial charge >= 0.3 is 0 Å². The monoisotopic (exact) mass is 479 g/mol. The summed E-state index contributed by atoms with van der Waals surface area (Å²) < 4.78 is 1.16. The molecule has 168 valence electrons. The number of thiophene rings is 1. The van der Waals surface area contributed by atoms with Crippen molar-refractivity contribution in [2.45, 2.75) is 19.5 Å². The molecule has 0 spiro atoms. The maximum atomic E-state index is 12.9. The fourth-order valence-corrected chi connectivity index (χ4v) is 4.62. The Hall–Kier alpha value is -3.33. The fourth-order valence-electron chi connectivity index (χ4n) is 3.39. The van der Waals surface area contributed by atoms with E-state index in [2.05, 4.69) is 20.7 Å². The van der Waals surface area contributed by atoms with Crippen LogP contribution in [0.4, 0.5) is 0 Å². The molecule has 0 bridgehead atoms. The summed E-state index contributed by atoms with van der Waals surface area (Å²) in [5, 5.41) is 11.0. The van der Waals surface area contributed by atoms with Crippen LogP contribution in [0.5, 0.6) is 0 Å². The Morgan fingerprint density at radius 3 is 2.79 bits per heavy atom. The standard InChI is InChI=1S/C24H22ClN5O2S/c1-15(21-8-9-22(33-21)19-12-17(25)6-5-16(19)13-26-2)28-24(32)20-7-10-23(31)30(29-20)18-4-3-11-27-14-18/h3-12,14-15,26H,13H2,1-2H3,(H,28,32)/t15-/m1/s1. The van der Waals surface area contributed by atoms with Gasteiger partial charge < -0.3 is 10.6 Å². The summed E-state index contributed by atoms with van der Waals surface area (Å²) in [4.78, 5) is 31.1. The Balaban J connectivity index is 1.54. The van der Waals surface area contributed by atoms with Gasteiger partial charge in [-0.3, -0.25) is 14.6 Å². The zero-order valence-corrected chi connectivity index (χ0v) is 19.7. The molecule has 3 heterocycles. The normalized spacial score (nSPS) is 11.8. The Morgan fingerprint density at radius 2 is 2.03 bits per heavy atom. The van der Waals surface area contributed by atoms with Gasteiger partial charge in [-0.25, -0.2) is 0 Å². The van der Waals surface area contributed by atoms with Crippen LogP contribution in [-0.4, -0.2) is 27.7 Å². The van der Waals surface area contributed by atoms with Gasteiger partial charge in [0.05, 0.1) is 17.9 Å². The Morgan fingerprint density at radius 1 is 1.18 bits per heavy atom. The molecule has 1 atom stereocenters. The van der Waals surface area contributed by atoms with Crippen molar-refractivity contribution in [1.29, 1.82) is 0 Å². The molecule has 0 aliphatic heterocycles. The van der Waals surface area contributed by atoms with E-state index in [1.54, 1.807) is 29.7 Å². The highest BCUT2D eigenvalue weighted by molar-refractivity contribution is 7.15.